The van der Waals surface area contributed by atoms with Crippen LogP contribution < -0.4 is 15.2 Å². The van der Waals surface area contributed by atoms with Gasteiger partial charge >= 0.3 is 0 Å². The highest BCUT2D eigenvalue weighted by Crippen LogP contribution is 2.29. The molecule has 0 aliphatic carbocycles. The van der Waals surface area contributed by atoms with Crippen molar-refractivity contribution in [3.8, 4) is 11.5 Å². The van der Waals surface area contributed by atoms with Gasteiger partial charge in [-0.1, -0.05) is 6.07 Å². The van der Waals surface area contributed by atoms with Crippen LogP contribution in [-0.4, -0.2) is 37.7 Å². The largest absolute Gasteiger partial charge is 0.497 e. The molecule has 17 heavy (non-hydrogen) atoms. The quantitative estimate of drug-likeness (QED) is 0.857. The summed E-state index contributed by atoms with van der Waals surface area (Å²) >= 11 is 0. The fraction of sp³-hybridized carbons (Fsp3) is 0.538. The minimum atomic E-state index is 0.176. The van der Waals surface area contributed by atoms with Gasteiger partial charge in [0.05, 0.1) is 7.11 Å². The van der Waals surface area contributed by atoms with Crippen LogP contribution in [0.1, 0.15) is 12.5 Å². The maximum absolute atomic E-state index is 5.91. The molecule has 0 fully saturated rings. The molecule has 1 aliphatic heterocycles. The summed E-state index contributed by atoms with van der Waals surface area (Å²) in [6, 6.07) is 5.99. The molecule has 1 unspecified atom stereocenters. The summed E-state index contributed by atoms with van der Waals surface area (Å²) in [7, 11) is 1.67. The van der Waals surface area contributed by atoms with Gasteiger partial charge in [0.15, 0.2) is 0 Å². The first kappa shape index (κ1) is 12.2. The number of methoxy groups -OCH3 is 1. The predicted molar refractivity (Wildman–Crippen MR) is 67.4 cm³/mol. The van der Waals surface area contributed by atoms with Crippen molar-refractivity contribution in [1.82, 2.24) is 4.90 Å². The standard InChI is InChI=1S/C13H20N2O2/c1-10-8-15(6-5-14)9-11-3-4-12(16-2)7-13(11)17-10/h3-4,7,10H,5-6,8-9,14H2,1-2H3. The van der Waals surface area contributed by atoms with Crippen molar-refractivity contribution in [2.24, 2.45) is 5.73 Å². The van der Waals surface area contributed by atoms with Crippen molar-refractivity contribution >= 4 is 0 Å². The predicted octanol–water partition coefficient (Wildman–Crippen LogP) is 1.24. The van der Waals surface area contributed by atoms with Crippen molar-refractivity contribution in [2.45, 2.75) is 19.6 Å². The second-order valence-electron chi connectivity index (χ2n) is 4.43. The maximum atomic E-state index is 5.91. The van der Waals surface area contributed by atoms with E-state index in [9.17, 15) is 0 Å². The molecule has 1 aromatic carbocycles. The zero-order valence-corrected chi connectivity index (χ0v) is 10.5. The molecule has 0 radical (unpaired) electrons. The molecule has 0 saturated carbocycles. The average Bonchev–Trinajstić information content (AvgIpc) is 2.46. The van der Waals surface area contributed by atoms with Crippen molar-refractivity contribution in [3.05, 3.63) is 23.8 Å². The Bertz CT molecular complexity index is 382. The molecule has 4 nitrogen and oxygen atoms in total. The average molecular weight is 236 g/mol. The first-order chi connectivity index (χ1) is 8.22. The van der Waals surface area contributed by atoms with Crippen LogP contribution in [0.4, 0.5) is 0 Å². The number of benzene rings is 1. The van der Waals surface area contributed by atoms with Crippen LogP contribution in [0.3, 0.4) is 0 Å². The molecule has 1 atom stereocenters. The first-order valence-corrected chi connectivity index (χ1v) is 5.99. The SMILES string of the molecule is COc1ccc2c(c1)OC(C)CN(CCN)C2. The number of nitrogens with two attached hydrogens (primary N) is 1. The fourth-order valence-electron chi connectivity index (χ4n) is 2.18. The fourth-order valence-corrected chi connectivity index (χ4v) is 2.18. The van der Waals surface area contributed by atoms with E-state index in [1.807, 2.05) is 12.1 Å². The first-order valence-electron chi connectivity index (χ1n) is 5.99. The lowest BCUT2D eigenvalue weighted by atomic mass is 10.2. The van der Waals surface area contributed by atoms with Crippen molar-refractivity contribution in [2.75, 3.05) is 26.7 Å². The third-order valence-corrected chi connectivity index (χ3v) is 2.96. The van der Waals surface area contributed by atoms with E-state index in [2.05, 4.69) is 17.9 Å². The van der Waals surface area contributed by atoms with Crippen LogP contribution in [0.25, 0.3) is 0 Å². The zero-order chi connectivity index (χ0) is 12.3. The van der Waals surface area contributed by atoms with E-state index in [4.69, 9.17) is 15.2 Å². The van der Waals surface area contributed by atoms with Gasteiger partial charge in [0.1, 0.15) is 17.6 Å². The molecule has 94 valence electrons. The van der Waals surface area contributed by atoms with Gasteiger partial charge in [0.2, 0.25) is 0 Å². The monoisotopic (exact) mass is 236 g/mol. The molecule has 0 spiro atoms. The zero-order valence-electron chi connectivity index (χ0n) is 10.5. The van der Waals surface area contributed by atoms with Gasteiger partial charge in [0.25, 0.3) is 0 Å². The third kappa shape index (κ3) is 2.90. The summed E-state index contributed by atoms with van der Waals surface area (Å²) in [5.74, 6) is 1.76. The lowest BCUT2D eigenvalue weighted by molar-refractivity contribution is 0.163. The normalized spacial score (nSPS) is 20.3. The van der Waals surface area contributed by atoms with E-state index in [1.165, 1.54) is 5.56 Å². The number of nitrogens with zero attached hydrogens (tertiary/aromatic N) is 1. The summed E-state index contributed by atoms with van der Waals surface area (Å²) in [4.78, 5) is 2.32. The molecule has 2 rings (SSSR count). The van der Waals surface area contributed by atoms with Gasteiger partial charge < -0.3 is 15.2 Å². The highest BCUT2D eigenvalue weighted by molar-refractivity contribution is 5.41. The molecule has 0 aromatic heterocycles. The Hall–Kier alpha value is -1.26. The van der Waals surface area contributed by atoms with Crippen molar-refractivity contribution in [1.29, 1.82) is 0 Å². The molecule has 1 aromatic rings. The van der Waals surface area contributed by atoms with E-state index in [-0.39, 0.29) is 6.10 Å². The second kappa shape index (κ2) is 5.38. The second-order valence-corrected chi connectivity index (χ2v) is 4.43. The molecule has 1 aliphatic rings. The highest BCUT2D eigenvalue weighted by atomic mass is 16.5. The Morgan fingerprint density at radius 2 is 2.35 bits per heavy atom. The number of fused-ring (bicyclic) bond motifs is 1. The number of ether oxygens (including phenoxy) is 2. The van der Waals surface area contributed by atoms with Crippen LogP contribution >= 0.6 is 0 Å². The number of hydrogen-bond acceptors (Lipinski definition) is 4. The molecule has 0 amide bonds. The van der Waals surface area contributed by atoms with Gasteiger partial charge in [0, 0.05) is 37.8 Å². The molecule has 4 heteroatoms. The summed E-state index contributed by atoms with van der Waals surface area (Å²) in [6.07, 6.45) is 0.176. The lowest BCUT2D eigenvalue weighted by Gasteiger charge is -2.20. The van der Waals surface area contributed by atoms with Gasteiger partial charge in [-0.2, -0.15) is 0 Å². The number of rotatable bonds is 3. The Balaban J connectivity index is 2.24. The molecule has 0 bridgehead atoms. The third-order valence-electron chi connectivity index (χ3n) is 2.96. The Morgan fingerprint density at radius 1 is 1.53 bits per heavy atom. The van der Waals surface area contributed by atoms with E-state index in [0.29, 0.717) is 6.54 Å². The minimum Gasteiger partial charge on any atom is -0.497 e. The Kier molecular flexibility index (Phi) is 3.86. The summed E-state index contributed by atoms with van der Waals surface area (Å²) in [5.41, 5.74) is 6.82. The van der Waals surface area contributed by atoms with Crippen LogP contribution in [0.15, 0.2) is 18.2 Å². The van der Waals surface area contributed by atoms with Crippen LogP contribution in [0.5, 0.6) is 11.5 Å². The van der Waals surface area contributed by atoms with Gasteiger partial charge in [-0.3, -0.25) is 4.90 Å². The lowest BCUT2D eigenvalue weighted by Crippen LogP contribution is -2.34. The Labute approximate surface area is 102 Å². The van der Waals surface area contributed by atoms with Gasteiger partial charge in [-0.05, 0) is 13.0 Å². The molecule has 1 heterocycles. The summed E-state index contributed by atoms with van der Waals surface area (Å²) < 4.78 is 11.1. The van der Waals surface area contributed by atoms with Crippen molar-refractivity contribution in [3.63, 3.8) is 0 Å². The van der Waals surface area contributed by atoms with Crippen LogP contribution in [0.2, 0.25) is 0 Å². The highest BCUT2D eigenvalue weighted by Gasteiger charge is 2.19. The molecule has 0 saturated heterocycles. The van der Waals surface area contributed by atoms with E-state index < -0.39 is 0 Å². The van der Waals surface area contributed by atoms with E-state index >= 15 is 0 Å². The summed E-state index contributed by atoms with van der Waals surface area (Å²) in [6.45, 7) is 5.46. The van der Waals surface area contributed by atoms with Gasteiger partial charge in [-0.25, -0.2) is 0 Å². The molecular weight excluding hydrogens is 216 g/mol. The Morgan fingerprint density at radius 3 is 3.06 bits per heavy atom. The minimum absolute atomic E-state index is 0.176. The number of hydrogen-bond donors (Lipinski definition) is 1. The van der Waals surface area contributed by atoms with Crippen LogP contribution in [-0.2, 0) is 6.54 Å². The smallest absolute Gasteiger partial charge is 0.127 e. The van der Waals surface area contributed by atoms with E-state index in [0.717, 1.165) is 31.1 Å². The van der Waals surface area contributed by atoms with Crippen molar-refractivity contribution < 1.29 is 9.47 Å². The summed E-state index contributed by atoms with van der Waals surface area (Å²) in [5, 5.41) is 0. The van der Waals surface area contributed by atoms with Gasteiger partial charge in [-0.15, -0.1) is 0 Å². The van der Waals surface area contributed by atoms with Crippen LogP contribution in [0, 0.1) is 0 Å². The molecule has 2 N–H and O–H groups in total. The van der Waals surface area contributed by atoms with E-state index in [1.54, 1.807) is 7.11 Å². The maximum Gasteiger partial charge on any atom is 0.127 e. The molecular formula is C13H20N2O2. The topological polar surface area (TPSA) is 47.7 Å².